The fourth-order valence-electron chi connectivity index (χ4n) is 2.56. The van der Waals surface area contributed by atoms with Crippen LogP contribution in [0.2, 0.25) is 0 Å². The van der Waals surface area contributed by atoms with Gasteiger partial charge in [0.15, 0.2) is 0 Å². The summed E-state index contributed by atoms with van der Waals surface area (Å²) < 4.78 is 2.07. The average Bonchev–Trinajstić information content (AvgIpc) is 2.96. The van der Waals surface area contributed by atoms with Crippen molar-refractivity contribution in [2.75, 3.05) is 5.32 Å². The Bertz CT molecular complexity index is 612. The largest absolute Gasteiger partial charge is 0.481 e. The predicted octanol–water partition coefficient (Wildman–Crippen LogP) is 2.07. The van der Waals surface area contributed by atoms with Crippen molar-refractivity contribution in [2.45, 2.75) is 32.4 Å². The number of benzene rings is 1. The smallest absolute Gasteiger partial charge is 0.307 e. The summed E-state index contributed by atoms with van der Waals surface area (Å²) >= 11 is 0. The van der Waals surface area contributed by atoms with Crippen molar-refractivity contribution < 1.29 is 9.90 Å². The van der Waals surface area contributed by atoms with Crippen LogP contribution in [0.15, 0.2) is 30.3 Å². The molecule has 0 fully saturated rings. The Morgan fingerprint density at radius 2 is 2.30 bits per heavy atom. The van der Waals surface area contributed by atoms with Crippen LogP contribution >= 0.6 is 0 Å². The summed E-state index contributed by atoms with van der Waals surface area (Å²) in [5, 5.41) is 16.6. The number of rotatable bonds is 5. The van der Waals surface area contributed by atoms with Crippen molar-refractivity contribution in [1.29, 1.82) is 0 Å². The third-order valence-electron chi connectivity index (χ3n) is 3.47. The second-order valence-electron chi connectivity index (χ2n) is 5.08. The monoisotopic (exact) mass is 271 g/mol. The van der Waals surface area contributed by atoms with Crippen LogP contribution < -0.4 is 5.32 Å². The van der Waals surface area contributed by atoms with E-state index in [0.29, 0.717) is 6.54 Å². The Kier molecular flexibility index (Phi) is 3.41. The number of aliphatic carboxylic acids is 1. The molecular formula is C15H17N3O2. The number of aromatic nitrogens is 2. The number of hydrogen-bond acceptors (Lipinski definition) is 3. The molecular weight excluding hydrogens is 254 g/mol. The third kappa shape index (κ3) is 2.82. The molecule has 0 saturated heterocycles. The van der Waals surface area contributed by atoms with Crippen molar-refractivity contribution >= 4 is 11.7 Å². The van der Waals surface area contributed by atoms with Gasteiger partial charge in [0.2, 0.25) is 0 Å². The lowest BCUT2D eigenvalue weighted by molar-refractivity contribution is -0.136. The lowest BCUT2D eigenvalue weighted by Crippen LogP contribution is -2.04. The van der Waals surface area contributed by atoms with E-state index in [4.69, 9.17) is 5.11 Å². The van der Waals surface area contributed by atoms with E-state index in [1.165, 1.54) is 12.1 Å². The van der Waals surface area contributed by atoms with Gasteiger partial charge in [-0.05, 0) is 36.6 Å². The Morgan fingerprint density at radius 1 is 1.40 bits per heavy atom. The number of fused-ring (bicyclic) bond motifs is 1. The number of carbonyl (C=O) groups is 1. The van der Waals surface area contributed by atoms with Crippen molar-refractivity contribution in [3.63, 3.8) is 0 Å². The molecule has 2 heterocycles. The average molecular weight is 271 g/mol. The molecule has 0 radical (unpaired) electrons. The molecule has 0 atom stereocenters. The van der Waals surface area contributed by atoms with Crippen LogP contribution in [-0.2, 0) is 30.7 Å². The normalized spacial score (nSPS) is 13.2. The summed E-state index contributed by atoms with van der Waals surface area (Å²) in [6.45, 7) is 1.68. The highest BCUT2D eigenvalue weighted by Gasteiger charge is 2.13. The molecule has 0 spiro atoms. The highest BCUT2D eigenvalue weighted by molar-refractivity contribution is 5.70. The number of hydrogen-bond donors (Lipinski definition) is 2. The van der Waals surface area contributed by atoms with E-state index in [-0.39, 0.29) is 6.42 Å². The fourth-order valence-corrected chi connectivity index (χ4v) is 2.56. The zero-order valence-electron chi connectivity index (χ0n) is 11.2. The van der Waals surface area contributed by atoms with Gasteiger partial charge < -0.3 is 10.4 Å². The minimum Gasteiger partial charge on any atom is -0.481 e. The number of nitrogens with one attached hydrogen (secondary N) is 1. The van der Waals surface area contributed by atoms with Crippen LogP contribution in [0.3, 0.4) is 0 Å². The second-order valence-corrected chi connectivity index (χ2v) is 5.08. The topological polar surface area (TPSA) is 67.2 Å². The maximum atomic E-state index is 10.7. The maximum Gasteiger partial charge on any atom is 0.307 e. The first kappa shape index (κ1) is 12.7. The number of anilines is 1. The number of nitrogens with zero attached hydrogens (tertiary/aromatic N) is 2. The quantitative estimate of drug-likeness (QED) is 0.873. The highest BCUT2D eigenvalue weighted by atomic mass is 16.4. The lowest BCUT2D eigenvalue weighted by Gasteiger charge is -2.06. The van der Waals surface area contributed by atoms with Crippen LogP contribution in [0.1, 0.15) is 23.4 Å². The molecule has 0 unspecified atom stereocenters. The van der Waals surface area contributed by atoms with Gasteiger partial charge in [-0.15, -0.1) is 0 Å². The molecule has 1 aromatic heterocycles. The highest BCUT2D eigenvalue weighted by Crippen LogP contribution is 2.17. The first-order chi connectivity index (χ1) is 9.70. The molecule has 0 aliphatic carbocycles. The maximum absolute atomic E-state index is 10.7. The van der Waals surface area contributed by atoms with Crippen LogP contribution in [0.25, 0.3) is 0 Å². The zero-order valence-corrected chi connectivity index (χ0v) is 11.2. The van der Waals surface area contributed by atoms with Gasteiger partial charge in [-0.1, -0.05) is 12.1 Å². The summed E-state index contributed by atoms with van der Waals surface area (Å²) in [5.74, 6) is -0.812. The van der Waals surface area contributed by atoms with E-state index in [1.54, 1.807) is 0 Å². The molecule has 104 valence electrons. The van der Waals surface area contributed by atoms with Crippen LogP contribution in [0.4, 0.5) is 5.69 Å². The summed E-state index contributed by atoms with van der Waals surface area (Å²) in [5.41, 5.74) is 4.07. The Balaban J connectivity index is 1.64. The van der Waals surface area contributed by atoms with Crippen LogP contribution in [0, 0.1) is 0 Å². The van der Waals surface area contributed by atoms with E-state index in [9.17, 15) is 4.79 Å². The van der Waals surface area contributed by atoms with Gasteiger partial charge in [0.25, 0.3) is 0 Å². The number of carboxylic acid groups (broad SMARTS) is 1. The minimum absolute atomic E-state index is 0.0499. The summed E-state index contributed by atoms with van der Waals surface area (Å²) in [6, 6.07) is 9.65. The molecule has 5 heteroatoms. The molecule has 20 heavy (non-hydrogen) atoms. The fraction of sp³-hybridized carbons (Fsp3) is 0.333. The first-order valence-electron chi connectivity index (χ1n) is 6.81. The minimum atomic E-state index is -0.812. The molecule has 1 aliphatic rings. The standard InChI is InChI=1S/C15H17N3O2/c19-15(20)8-11-3-1-4-12(7-11)16-10-13-9-14-5-2-6-18(14)17-13/h1,3-4,7,9,16H,2,5-6,8,10H2,(H,19,20). The number of aryl methyl sites for hydroxylation is 2. The van der Waals surface area contributed by atoms with Gasteiger partial charge >= 0.3 is 5.97 Å². The van der Waals surface area contributed by atoms with Gasteiger partial charge in [0.1, 0.15) is 0 Å². The summed E-state index contributed by atoms with van der Waals surface area (Å²) in [7, 11) is 0. The SMILES string of the molecule is O=C(O)Cc1cccc(NCc2cc3n(n2)CCC3)c1. The molecule has 3 rings (SSSR count). The van der Waals surface area contributed by atoms with E-state index in [2.05, 4.69) is 21.2 Å². The van der Waals surface area contributed by atoms with Crippen molar-refractivity contribution in [3.05, 3.63) is 47.3 Å². The van der Waals surface area contributed by atoms with E-state index in [1.807, 2.05) is 24.3 Å². The number of carboxylic acids is 1. The molecule has 2 aromatic rings. The molecule has 5 nitrogen and oxygen atoms in total. The first-order valence-corrected chi connectivity index (χ1v) is 6.81. The van der Waals surface area contributed by atoms with Gasteiger partial charge in [-0.25, -0.2) is 0 Å². The second kappa shape index (κ2) is 5.36. The predicted molar refractivity (Wildman–Crippen MR) is 75.7 cm³/mol. The van der Waals surface area contributed by atoms with Crippen molar-refractivity contribution in [1.82, 2.24) is 9.78 Å². The zero-order chi connectivity index (χ0) is 13.9. The van der Waals surface area contributed by atoms with Gasteiger partial charge in [-0.2, -0.15) is 5.10 Å². The molecule has 0 bridgehead atoms. The lowest BCUT2D eigenvalue weighted by atomic mass is 10.1. The molecule has 1 aliphatic heterocycles. The van der Waals surface area contributed by atoms with Gasteiger partial charge in [0, 0.05) is 17.9 Å². The van der Waals surface area contributed by atoms with Crippen molar-refractivity contribution in [2.24, 2.45) is 0 Å². The Morgan fingerprint density at radius 3 is 3.10 bits per heavy atom. The van der Waals surface area contributed by atoms with Gasteiger partial charge in [0.05, 0.1) is 18.7 Å². The van der Waals surface area contributed by atoms with Crippen LogP contribution in [-0.4, -0.2) is 20.9 Å². The van der Waals surface area contributed by atoms with Crippen LogP contribution in [0.5, 0.6) is 0 Å². The van der Waals surface area contributed by atoms with Gasteiger partial charge in [-0.3, -0.25) is 9.48 Å². The molecule has 1 aromatic carbocycles. The Hall–Kier alpha value is -2.30. The van der Waals surface area contributed by atoms with E-state index >= 15 is 0 Å². The third-order valence-corrected chi connectivity index (χ3v) is 3.47. The summed E-state index contributed by atoms with van der Waals surface area (Å²) in [6.07, 6.45) is 2.35. The van der Waals surface area contributed by atoms with E-state index in [0.717, 1.165) is 29.9 Å². The molecule has 0 amide bonds. The molecule has 2 N–H and O–H groups in total. The van der Waals surface area contributed by atoms with E-state index < -0.39 is 5.97 Å². The van der Waals surface area contributed by atoms with Crippen molar-refractivity contribution in [3.8, 4) is 0 Å². The molecule has 0 saturated carbocycles. The Labute approximate surface area is 117 Å². The summed E-state index contributed by atoms with van der Waals surface area (Å²) in [4.78, 5) is 10.7.